The van der Waals surface area contributed by atoms with Crippen LogP contribution in [0.3, 0.4) is 0 Å². The summed E-state index contributed by atoms with van der Waals surface area (Å²) in [6.07, 6.45) is 1.68. The predicted octanol–water partition coefficient (Wildman–Crippen LogP) is 3.06. The molecule has 1 aliphatic rings. The number of nitrogens with two attached hydrogens (primary N) is 1. The summed E-state index contributed by atoms with van der Waals surface area (Å²) in [5.41, 5.74) is 8.99. The van der Waals surface area contributed by atoms with Crippen LogP contribution < -0.4 is 10.7 Å². The summed E-state index contributed by atoms with van der Waals surface area (Å²) in [6.45, 7) is 5.04. The maximum Gasteiger partial charge on any atom is 0.272 e. The summed E-state index contributed by atoms with van der Waals surface area (Å²) in [5, 5.41) is 9.25. The summed E-state index contributed by atoms with van der Waals surface area (Å²) < 4.78 is 15.5. The van der Waals surface area contributed by atoms with Crippen LogP contribution >= 0.6 is 0 Å². The highest BCUT2D eigenvalue weighted by atomic mass is 19.1. The summed E-state index contributed by atoms with van der Waals surface area (Å²) in [6, 6.07) is 8.32. The molecule has 31 heavy (non-hydrogen) atoms. The molecular weight excluding hydrogens is 397 g/mol. The number of nitrogens with zero attached hydrogens (tertiary/aromatic N) is 6. The van der Waals surface area contributed by atoms with Gasteiger partial charge in [0.15, 0.2) is 5.82 Å². The van der Waals surface area contributed by atoms with E-state index in [0.29, 0.717) is 35.8 Å². The molecule has 8 nitrogen and oxygen atoms in total. The van der Waals surface area contributed by atoms with Crippen LogP contribution in [0.5, 0.6) is 0 Å². The van der Waals surface area contributed by atoms with Crippen LogP contribution in [0.2, 0.25) is 0 Å². The molecule has 0 radical (unpaired) electrons. The number of pyridine rings is 2. The number of benzene rings is 1. The van der Waals surface area contributed by atoms with Crippen molar-refractivity contribution in [1.82, 2.24) is 24.8 Å². The molecule has 1 fully saturated rings. The van der Waals surface area contributed by atoms with Crippen LogP contribution in [0.25, 0.3) is 21.8 Å². The van der Waals surface area contributed by atoms with Gasteiger partial charge in [-0.3, -0.25) is 14.5 Å². The van der Waals surface area contributed by atoms with E-state index in [0.717, 1.165) is 21.9 Å². The van der Waals surface area contributed by atoms with E-state index in [2.05, 4.69) is 22.0 Å². The number of nitrogen functional groups attached to an aromatic ring is 1. The SMILES string of the molecule is Cc1cc2nc(N)c3cnn(C)c3c2cc1C(=O)N1CC(C)CN1c1cccc(F)n1. The Morgan fingerprint density at radius 1 is 1.19 bits per heavy atom. The topological polar surface area (TPSA) is 93.2 Å². The zero-order valence-electron chi connectivity index (χ0n) is 17.5. The van der Waals surface area contributed by atoms with E-state index in [1.165, 1.54) is 6.07 Å². The molecule has 1 saturated heterocycles. The zero-order valence-corrected chi connectivity index (χ0v) is 17.5. The summed E-state index contributed by atoms with van der Waals surface area (Å²) in [7, 11) is 1.84. The Morgan fingerprint density at radius 2 is 2.00 bits per heavy atom. The molecule has 2 N–H and O–H groups in total. The lowest BCUT2D eigenvalue weighted by Gasteiger charge is -2.29. The molecule has 1 aliphatic heterocycles. The van der Waals surface area contributed by atoms with Crippen molar-refractivity contribution in [3.8, 4) is 0 Å². The van der Waals surface area contributed by atoms with E-state index in [1.54, 1.807) is 33.0 Å². The van der Waals surface area contributed by atoms with E-state index in [1.807, 2.05) is 26.1 Å². The maximum absolute atomic E-state index is 13.7. The first kappa shape index (κ1) is 19.2. The molecule has 3 aromatic heterocycles. The second kappa shape index (κ2) is 6.90. The van der Waals surface area contributed by atoms with Gasteiger partial charge in [0.1, 0.15) is 5.82 Å². The number of aromatic nitrogens is 4. The molecule has 4 heterocycles. The first-order valence-electron chi connectivity index (χ1n) is 10.1. The van der Waals surface area contributed by atoms with Crippen LogP contribution in [0.15, 0.2) is 36.5 Å². The summed E-state index contributed by atoms with van der Waals surface area (Å²) >= 11 is 0. The minimum atomic E-state index is -0.575. The Kier molecular flexibility index (Phi) is 4.28. The molecule has 9 heteroatoms. The molecule has 0 aliphatic carbocycles. The Hall–Kier alpha value is -3.75. The number of hydrogen-bond donors (Lipinski definition) is 1. The van der Waals surface area contributed by atoms with Gasteiger partial charge in [-0.15, -0.1) is 0 Å². The highest BCUT2D eigenvalue weighted by molar-refractivity contribution is 6.10. The van der Waals surface area contributed by atoms with Crippen molar-refractivity contribution in [3.63, 3.8) is 0 Å². The van der Waals surface area contributed by atoms with Gasteiger partial charge in [0.2, 0.25) is 5.95 Å². The van der Waals surface area contributed by atoms with Crippen molar-refractivity contribution in [2.45, 2.75) is 13.8 Å². The second-order valence-electron chi connectivity index (χ2n) is 8.10. The van der Waals surface area contributed by atoms with E-state index < -0.39 is 5.95 Å². The van der Waals surface area contributed by atoms with Crippen LogP contribution in [0.4, 0.5) is 16.0 Å². The number of aryl methyl sites for hydroxylation is 2. The molecule has 0 bridgehead atoms. The van der Waals surface area contributed by atoms with Gasteiger partial charge in [-0.25, -0.2) is 15.0 Å². The van der Waals surface area contributed by atoms with Crippen molar-refractivity contribution in [2.75, 3.05) is 23.8 Å². The van der Waals surface area contributed by atoms with E-state index in [9.17, 15) is 9.18 Å². The molecule has 5 rings (SSSR count). The molecule has 1 atom stereocenters. The number of hydrogen-bond acceptors (Lipinski definition) is 6. The molecule has 1 unspecified atom stereocenters. The third-order valence-electron chi connectivity index (χ3n) is 5.74. The lowest BCUT2D eigenvalue weighted by atomic mass is 10.0. The van der Waals surface area contributed by atoms with Crippen LogP contribution in [0, 0.1) is 18.8 Å². The van der Waals surface area contributed by atoms with Crippen molar-refractivity contribution >= 4 is 39.3 Å². The number of anilines is 2. The van der Waals surface area contributed by atoms with Crippen molar-refractivity contribution < 1.29 is 9.18 Å². The van der Waals surface area contributed by atoms with Gasteiger partial charge in [-0.2, -0.15) is 9.49 Å². The predicted molar refractivity (Wildman–Crippen MR) is 117 cm³/mol. The molecule has 4 aromatic rings. The van der Waals surface area contributed by atoms with E-state index >= 15 is 0 Å². The highest BCUT2D eigenvalue weighted by Crippen LogP contribution is 2.31. The van der Waals surface area contributed by atoms with Gasteiger partial charge in [0, 0.05) is 31.1 Å². The normalized spacial score (nSPS) is 16.6. The molecule has 0 saturated carbocycles. The minimum absolute atomic E-state index is 0.165. The van der Waals surface area contributed by atoms with Gasteiger partial charge >= 0.3 is 0 Å². The number of fused-ring (bicyclic) bond motifs is 3. The zero-order chi connectivity index (χ0) is 21.9. The van der Waals surface area contributed by atoms with E-state index in [4.69, 9.17) is 5.73 Å². The third kappa shape index (κ3) is 3.04. The summed E-state index contributed by atoms with van der Waals surface area (Å²) in [5.74, 6) is 0.306. The first-order valence-corrected chi connectivity index (χ1v) is 10.1. The second-order valence-corrected chi connectivity index (χ2v) is 8.10. The van der Waals surface area contributed by atoms with E-state index in [-0.39, 0.29) is 11.8 Å². The Labute approximate surface area is 178 Å². The molecule has 1 amide bonds. The van der Waals surface area contributed by atoms with Crippen molar-refractivity contribution in [3.05, 3.63) is 53.6 Å². The number of carbonyl (C=O) groups is 1. The third-order valence-corrected chi connectivity index (χ3v) is 5.74. The molecular formula is C22H22FN7O. The lowest BCUT2D eigenvalue weighted by Crippen LogP contribution is -2.42. The highest BCUT2D eigenvalue weighted by Gasteiger charge is 2.34. The maximum atomic E-state index is 13.7. The fourth-order valence-corrected chi connectivity index (χ4v) is 4.28. The number of amides is 1. The van der Waals surface area contributed by atoms with Gasteiger partial charge in [-0.1, -0.05) is 13.0 Å². The smallest absolute Gasteiger partial charge is 0.272 e. The van der Waals surface area contributed by atoms with Crippen LogP contribution in [-0.2, 0) is 7.05 Å². The monoisotopic (exact) mass is 419 g/mol. The van der Waals surface area contributed by atoms with Gasteiger partial charge in [-0.05, 0) is 42.7 Å². The average molecular weight is 419 g/mol. The Bertz CT molecular complexity index is 1350. The molecule has 0 spiro atoms. The van der Waals surface area contributed by atoms with Gasteiger partial charge < -0.3 is 5.73 Å². The minimum Gasteiger partial charge on any atom is -0.383 e. The number of rotatable bonds is 2. The standard InChI is InChI=1S/C22H22FN7O/c1-12-10-29(19-6-4-5-18(23)27-19)30(11-12)22(31)14-8-15-17(7-13(14)2)26-21(24)16-9-25-28(3)20(15)16/h4-9,12H,10-11H2,1-3H3,(H2,24,26). The van der Waals surface area contributed by atoms with Gasteiger partial charge in [0.25, 0.3) is 5.91 Å². The largest absolute Gasteiger partial charge is 0.383 e. The average Bonchev–Trinajstić information content (AvgIpc) is 3.31. The van der Waals surface area contributed by atoms with Crippen LogP contribution in [0.1, 0.15) is 22.8 Å². The Morgan fingerprint density at radius 3 is 2.77 bits per heavy atom. The first-order chi connectivity index (χ1) is 14.8. The van der Waals surface area contributed by atoms with Crippen LogP contribution in [-0.4, -0.2) is 43.8 Å². The number of hydrazine groups is 1. The fourth-order valence-electron chi connectivity index (χ4n) is 4.28. The molecule has 158 valence electrons. The number of halogens is 1. The Balaban J connectivity index is 1.63. The van der Waals surface area contributed by atoms with Crippen molar-refractivity contribution in [2.24, 2.45) is 13.0 Å². The van der Waals surface area contributed by atoms with Gasteiger partial charge in [0.05, 0.1) is 22.6 Å². The summed E-state index contributed by atoms with van der Waals surface area (Å²) in [4.78, 5) is 22.1. The quantitative estimate of drug-likeness (QED) is 0.502. The fraction of sp³-hybridized carbons (Fsp3) is 0.273. The lowest BCUT2D eigenvalue weighted by molar-refractivity contribution is 0.0769. The molecule has 1 aromatic carbocycles. The number of carbonyl (C=O) groups excluding carboxylic acids is 1. The van der Waals surface area contributed by atoms with Crippen molar-refractivity contribution in [1.29, 1.82) is 0 Å².